The topological polar surface area (TPSA) is 106 Å². The molecule has 2 amide bonds. The second-order valence-corrected chi connectivity index (χ2v) is 10.6. The van der Waals surface area contributed by atoms with Crippen LogP contribution in [0.5, 0.6) is 0 Å². The quantitative estimate of drug-likeness (QED) is 0.474. The van der Waals surface area contributed by atoms with E-state index in [0.717, 1.165) is 42.5 Å². The number of nitrogens with zero attached hydrogens (tertiary/aromatic N) is 2. The van der Waals surface area contributed by atoms with Crippen LogP contribution in [-0.4, -0.2) is 64.6 Å². The minimum absolute atomic E-state index is 0.0424. The second-order valence-electron chi connectivity index (χ2n) is 9.80. The zero-order valence-electron chi connectivity index (χ0n) is 20.5. The maximum absolute atomic E-state index is 14.0. The number of aromatic nitrogens is 1. The number of halogens is 2. The van der Waals surface area contributed by atoms with Crippen molar-refractivity contribution < 1.29 is 14.7 Å². The van der Waals surface area contributed by atoms with Gasteiger partial charge in [-0.05, 0) is 73.9 Å². The molecule has 4 rings (SSSR count). The molecule has 0 radical (unpaired) electrons. The van der Waals surface area contributed by atoms with E-state index >= 15 is 0 Å². The molecular formula is C26H32Cl2N4O4. The van der Waals surface area contributed by atoms with E-state index in [-0.39, 0.29) is 29.3 Å². The number of carbonyl (C=O) groups is 2. The monoisotopic (exact) mass is 534 g/mol. The summed E-state index contributed by atoms with van der Waals surface area (Å²) in [5.41, 5.74) is 3.09. The molecule has 1 aliphatic heterocycles. The van der Waals surface area contributed by atoms with Gasteiger partial charge in [0.25, 0.3) is 5.56 Å². The lowest BCUT2D eigenvalue weighted by Crippen LogP contribution is -2.47. The van der Waals surface area contributed by atoms with Crippen molar-refractivity contribution in [2.45, 2.75) is 51.1 Å². The Hall–Kier alpha value is -2.55. The van der Waals surface area contributed by atoms with E-state index in [9.17, 15) is 14.4 Å². The summed E-state index contributed by atoms with van der Waals surface area (Å²) in [5, 5.41) is 13.3. The number of piperidine rings is 1. The number of hydrogen-bond acceptors (Lipinski definition) is 4. The van der Waals surface area contributed by atoms with Crippen molar-refractivity contribution in [3.05, 3.63) is 67.0 Å². The number of carboxylic acid groups (broad SMARTS) is 1. The smallest absolute Gasteiger partial charge is 0.407 e. The van der Waals surface area contributed by atoms with Gasteiger partial charge in [-0.25, -0.2) is 4.79 Å². The number of pyridine rings is 1. The molecule has 1 saturated carbocycles. The van der Waals surface area contributed by atoms with Gasteiger partial charge in [0.1, 0.15) is 0 Å². The molecule has 8 nitrogen and oxygen atoms in total. The van der Waals surface area contributed by atoms with Crippen LogP contribution in [0.3, 0.4) is 0 Å². The molecule has 2 heterocycles. The summed E-state index contributed by atoms with van der Waals surface area (Å²) < 4.78 is 0. The van der Waals surface area contributed by atoms with Crippen LogP contribution in [0.1, 0.15) is 47.4 Å². The van der Waals surface area contributed by atoms with E-state index in [1.807, 2.05) is 24.0 Å². The SMILES string of the molecule is Cc1c([C@H]2CCNC[C@@H]2C(=O)N(Cc2cc(CCN(C)C(=O)O)cc(Cl)c2Cl)C2CC2)cc[nH]c1=O. The molecule has 0 bridgehead atoms. The summed E-state index contributed by atoms with van der Waals surface area (Å²) in [7, 11) is 1.52. The number of amides is 2. The highest BCUT2D eigenvalue weighted by molar-refractivity contribution is 6.42. The highest BCUT2D eigenvalue weighted by Crippen LogP contribution is 2.38. The molecule has 1 aliphatic carbocycles. The first-order chi connectivity index (χ1) is 17.2. The van der Waals surface area contributed by atoms with Gasteiger partial charge in [0.2, 0.25) is 5.91 Å². The van der Waals surface area contributed by atoms with Gasteiger partial charge in [-0.15, -0.1) is 0 Å². The number of benzene rings is 1. The molecule has 3 N–H and O–H groups in total. The van der Waals surface area contributed by atoms with E-state index in [4.69, 9.17) is 28.3 Å². The lowest BCUT2D eigenvalue weighted by Gasteiger charge is -2.36. The van der Waals surface area contributed by atoms with Gasteiger partial charge in [-0.2, -0.15) is 0 Å². The van der Waals surface area contributed by atoms with Gasteiger partial charge < -0.3 is 25.2 Å². The van der Waals surface area contributed by atoms with Crippen LogP contribution in [0.25, 0.3) is 0 Å². The highest BCUT2D eigenvalue weighted by atomic mass is 35.5. The molecule has 1 aromatic carbocycles. The fraction of sp³-hybridized carbons (Fsp3) is 0.500. The Morgan fingerprint density at radius 2 is 1.94 bits per heavy atom. The summed E-state index contributed by atoms with van der Waals surface area (Å²) >= 11 is 13.0. The van der Waals surface area contributed by atoms with Crippen LogP contribution in [0.15, 0.2) is 29.2 Å². The molecule has 2 atom stereocenters. The third-order valence-electron chi connectivity index (χ3n) is 7.29. The molecule has 2 aliphatic rings. The van der Waals surface area contributed by atoms with Gasteiger partial charge in [-0.3, -0.25) is 9.59 Å². The molecule has 0 unspecified atom stereocenters. The Morgan fingerprint density at radius 1 is 1.19 bits per heavy atom. The summed E-state index contributed by atoms with van der Waals surface area (Å²) in [6.45, 7) is 3.81. The number of likely N-dealkylation sites (N-methyl/N-ethyl adjacent to an activating group) is 1. The van der Waals surface area contributed by atoms with E-state index < -0.39 is 6.09 Å². The average molecular weight is 535 g/mol. The van der Waals surface area contributed by atoms with E-state index in [1.165, 1.54) is 11.9 Å². The van der Waals surface area contributed by atoms with E-state index in [1.54, 1.807) is 12.3 Å². The minimum atomic E-state index is -0.993. The zero-order valence-corrected chi connectivity index (χ0v) is 22.0. The number of nitrogens with one attached hydrogen (secondary N) is 2. The molecule has 0 spiro atoms. The first-order valence-corrected chi connectivity index (χ1v) is 13.0. The Labute approximate surface area is 220 Å². The second kappa shape index (κ2) is 11.2. The average Bonchev–Trinajstić information content (AvgIpc) is 3.70. The maximum Gasteiger partial charge on any atom is 0.407 e. The van der Waals surface area contributed by atoms with E-state index in [0.29, 0.717) is 41.7 Å². The molecular weight excluding hydrogens is 503 g/mol. The molecule has 10 heteroatoms. The predicted molar refractivity (Wildman–Crippen MR) is 140 cm³/mol. The summed E-state index contributed by atoms with van der Waals surface area (Å²) in [6.07, 6.45) is 3.80. The van der Waals surface area contributed by atoms with Crippen LogP contribution in [-0.2, 0) is 17.8 Å². The summed E-state index contributed by atoms with van der Waals surface area (Å²) in [5.74, 6) is -0.279. The molecule has 194 valence electrons. The lowest BCUT2D eigenvalue weighted by atomic mass is 9.79. The van der Waals surface area contributed by atoms with Gasteiger partial charge in [-0.1, -0.05) is 29.3 Å². The molecule has 2 fully saturated rings. The summed E-state index contributed by atoms with van der Waals surface area (Å²) in [4.78, 5) is 43.2. The first kappa shape index (κ1) is 26.5. The zero-order chi connectivity index (χ0) is 26.0. The van der Waals surface area contributed by atoms with Crippen LogP contribution in [0.2, 0.25) is 10.0 Å². The fourth-order valence-corrected chi connectivity index (χ4v) is 5.42. The molecule has 36 heavy (non-hydrogen) atoms. The third kappa shape index (κ3) is 5.88. The first-order valence-electron chi connectivity index (χ1n) is 12.3. The number of carbonyl (C=O) groups excluding carboxylic acids is 1. The van der Waals surface area contributed by atoms with Gasteiger partial charge in [0.05, 0.1) is 16.0 Å². The normalized spacial score (nSPS) is 19.7. The maximum atomic E-state index is 14.0. The highest BCUT2D eigenvalue weighted by Gasteiger charge is 2.40. The van der Waals surface area contributed by atoms with Gasteiger partial charge in [0.15, 0.2) is 0 Å². The van der Waals surface area contributed by atoms with E-state index in [2.05, 4.69) is 10.3 Å². The van der Waals surface area contributed by atoms with Crippen molar-refractivity contribution in [3.8, 4) is 0 Å². The lowest BCUT2D eigenvalue weighted by molar-refractivity contribution is -0.138. The Kier molecular flexibility index (Phi) is 8.27. The molecule has 1 saturated heterocycles. The van der Waals surface area contributed by atoms with Crippen LogP contribution in [0, 0.1) is 12.8 Å². The van der Waals surface area contributed by atoms with Crippen molar-refractivity contribution in [2.24, 2.45) is 5.92 Å². The van der Waals surface area contributed by atoms with Gasteiger partial charge >= 0.3 is 6.09 Å². The molecule has 2 aromatic rings. The Bertz CT molecular complexity index is 1200. The van der Waals surface area contributed by atoms with Crippen molar-refractivity contribution in [1.29, 1.82) is 0 Å². The van der Waals surface area contributed by atoms with Crippen molar-refractivity contribution >= 4 is 35.2 Å². The Morgan fingerprint density at radius 3 is 2.64 bits per heavy atom. The number of hydrogen-bond donors (Lipinski definition) is 3. The number of aromatic amines is 1. The van der Waals surface area contributed by atoms with Crippen LogP contribution in [0.4, 0.5) is 4.79 Å². The van der Waals surface area contributed by atoms with Crippen LogP contribution < -0.4 is 10.9 Å². The largest absolute Gasteiger partial charge is 0.465 e. The van der Waals surface area contributed by atoms with Gasteiger partial charge in [0, 0.05) is 44.5 Å². The minimum Gasteiger partial charge on any atom is -0.465 e. The third-order valence-corrected chi connectivity index (χ3v) is 8.13. The number of rotatable bonds is 8. The summed E-state index contributed by atoms with van der Waals surface area (Å²) in [6, 6.07) is 5.74. The number of H-pyrrole nitrogens is 1. The molecule has 1 aromatic heterocycles. The fourth-order valence-electron chi connectivity index (χ4n) is 4.99. The van der Waals surface area contributed by atoms with Crippen molar-refractivity contribution in [1.82, 2.24) is 20.1 Å². The Balaban J connectivity index is 1.58. The van der Waals surface area contributed by atoms with Crippen molar-refractivity contribution in [3.63, 3.8) is 0 Å². The van der Waals surface area contributed by atoms with Crippen LogP contribution >= 0.6 is 23.2 Å². The van der Waals surface area contributed by atoms with Crippen molar-refractivity contribution in [2.75, 3.05) is 26.7 Å². The predicted octanol–water partition coefficient (Wildman–Crippen LogP) is 4.03. The standard InChI is InChI=1S/C26H32Cl2N4O4/c1-15-19(6-9-30-24(15)33)20-5-8-29-13-21(20)25(34)32(18-3-4-18)14-17-11-16(12-22(27)23(17)28)7-10-31(2)26(35)36/h6,9,11-12,18,20-21,29H,3-5,7-8,10,13-14H2,1-2H3,(H,30,33)(H,35,36)/t20-,21+/m1/s1.